The summed E-state index contributed by atoms with van der Waals surface area (Å²) in [7, 11) is 0. The van der Waals surface area contributed by atoms with E-state index in [-0.39, 0.29) is 16.0 Å². The summed E-state index contributed by atoms with van der Waals surface area (Å²) in [5, 5.41) is 19.0. The number of carbonyl (C=O) groups is 1. The van der Waals surface area contributed by atoms with E-state index in [1.165, 1.54) is 6.08 Å². The molecule has 2 aromatic heterocycles. The molecule has 0 aliphatic heterocycles. The van der Waals surface area contributed by atoms with Crippen molar-refractivity contribution >= 4 is 58.6 Å². The molecule has 0 amide bonds. The molecule has 0 saturated carbocycles. The van der Waals surface area contributed by atoms with Gasteiger partial charge in [0.25, 0.3) is 5.22 Å². The number of furan rings is 1. The maximum Gasteiger partial charge on any atom is 0.342 e. The molecule has 0 unspecified atom stereocenters. The molecule has 1 N–H and O–H groups in total. The lowest BCUT2D eigenvalue weighted by atomic mass is 10.2. The third kappa shape index (κ3) is 5.14. The third-order valence-electron chi connectivity index (χ3n) is 4.00. The van der Waals surface area contributed by atoms with E-state index in [1.54, 1.807) is 54.6 Å². The van der Waals surface area contributed by atoms with E-state index in [1.807, 2.05) is 0 Å². The van der Waals surface area contributed by atoms with Gasteiger partial charge in [-0.05, 0) is 66.4 Å². The van der Waals surface area contributed by atoms with Gasteiger partial charge in [0.1, 0.15) is 16.4 Å². The maximum atomic E-state index is 11.7. The molecule has 0 aliphatic carbocycles. The first-order valence-corrected chi connectivity index (χ1v) is 10.6. The molecular weight excluding hydrogens is 483 g/mol. The monoisotopic (exact) mass is 492 g/mol. The molecular formula is C21H11Cl3N2O4S. The molecule has 31 heavy (non-hydrogen) atoms. The number of aliphatic carboxylic acids is 1. The van der Waals surface area contributed by atoms with Crippen LogP contribution in [0.2, 0.25) is 15.1 Å². The van der Waals surface area contributed by atoms with E-state index in [0.717, 1.165) is 11.8 Å². The number of carboxylic acid groups (broad SMARTS) is 1. The Bertz CT molecular complexity index is 1280. The van der Waals surface area contributed by atoms with Crippen LogP contribution < -0.4 is 0 Å². The Kier molecular flexibility index (Phi) is 6.38. The maximum absolute atomic E-state index is 11.7. The van der Waals surface area contributed by atoms with Crippen LogP contribution in [0, 0.1) is 0 Å². The van der Waals surface area contributed by atoms with Crippen LogP contribution in [0.1, 0.15) is 5.76 Å². The topological polar surface area (TPSA) is 89.4 Å². The zero-order valence-electron chi connectivity index (χ0n) is 15.4. The number of nitrogens with zero attached hydrogens (tertiary/aromatic N) is 2. The van der Waals surface area contributed by atoms with E-state index in [0.29, 0.717) is 37.7 Å². The van der Waals surface area contributed by atoms with Crippen molar-refractivity contribution in [3.05, 3.63) is 80.3 Å². The summed E-state index contributed by atoms with van der Waals surface area (Å²) in [6.45, 7) is 0. The Hall–Kier alpha value is -2.71. The molecule has 10 heteroatoms. The summed E-state index contributed by atoms with van der Waals surface area (Å²) < 4.78 is 11.3. The molecule has 0 radical (unpaired) electrons. The highest BCUT2D eigenvalue weighted by Crippen LogP contribution is 2.34. The predicted octanol–water partition coefficient (Wildman–Crippen LogP) is 7.17. The Morgan fingerprint density at radius 3 is 2.39 bits per heavy atom. The highest BCUT2D eigenvalue weighted by atomic mass is 35.5. The first-order valence-electron chi connectivity index (χ1n) is 8.66. The number of hydrogen-bond acceptors (Lipinski definition) is 6. The van der Waals surface area contributed by atoms with Gasteiger partial charge < -0.3 is 13.9 Å². The van der Waals surface area contributed by atoms with Crippen molar-refractivity contribution in [2.24, 2.45) is 0 Å². The molecule has 0 saturated heterocycles. The summed E-state index contributed by atoms with van der Waals surface area (Å²) in [6.07, 6.45) is 1.37. The normalized spacial score (nSPS) is 11.6. The van der Waals surface area contributed by atoms with Gasteiger partial charge in [-0.1, -0.05) is 34.8 Å². The average Bonchev–Trinajstić information content (AvgIpc) is 3.38. The molecule has 4 aromatic rings. The first kappa shape index (κ1) is 21.5. The van der Waals surface area contributed by atoms with Crippen LogP contribution in [0.4, 0.5) is 0 Å². The highest BCUT2D eigenvalue weighted by molar-refractivity contribution is 8.03. The Morgan fingerprint density at radius 1 is 0.935 bits per heavy atom. The van der Waals surface area contributed by atoms with Gasteiger partial charge in [0.05, 0.1) is 5.02 Å². The molecule has 4 rings (SSSR count). The summed E-state index contributed by atoms with van der Waals surface area (Å²) in [6, 6.07) is 15.2. The van der Waals surface area contributed by atoms with Gasteiger partial charge in [0.2, 0.25) is 5.89 Å². The number of carboxylic acids is 1. The lowest BCUT2D eigenvalue weighted by Gasteiger charge is -2.01. The predicted molar refractivity (Wildman–Crippen MR) is 120 cm³/mol. The zero-order chi connectivity index (χ0) is 22.0. The lowest BCUT2D eigenvalue weighted by molar-refractivity contribution is -0.131. The van der Waals surface area contributed by atoms with Crippen LogP contribution in [-0.2, 0) is 4.79 Å². The summed E-state index contributed by atoms with van der Waals surface area (Å²) >= 11 is 18.8. The van der Waals surface area contributed by atoms with E-state index in [2.05, 4.69) is 10.2 Å². The van der Waals surface area contributed by atoms with Gasteiger partial charge in [-0.25, -0.2) is 4.79 Å². The lowest BCUT2D eigenvalue weighted by Crippen LogP contribution is -1.96. The highest BCUT2D eigenvalue weighted by Gasteiger charge is 2.17. The van der Waals surface area contributed by atoms with Crippen LogP contribution in [0.5, 0.6) is 0 Å². The first-order chi connectivity index (χ1) is 14.9. The fourth-order valence-corrected chi connectivity index (χ4v) is 3.86. The second kappa shape index (κ2) is 9.20. The number of aromatic nitrogens is 2. The Morgan fingerprint density at radius 2 is 1.68 bits per heavy atom. The van der Waals surface area contributed by atoms with Gasteiger partial charge in [0, 0.05) is 27.2 Å². The SMILES string of the molecule is O=C(O)/C(=C/c1ccc(-c2ccc(Cl)cc2Cl)o1)Sc1nnc(-c2ccc(Cl)cc2)o1. The van der Waals surface area contributed by atoms with Crippen LogP contribution >= 0.6 is 46.6 Å². The van der Waals surface area contributed by atoms with Crippen LogP contribution in [0.3, 0.4) is 0 Å². The van der Waals surface area contributed by atoms with Gasteiger partial charge in [-0.3, -0.25) is 0 Å². The molecule has 0 fully saturated rings. The van der Waals surface area contributed by atoms with Crippen molar-refractivity contribution in [3.63, 3.8) is 0 Å². The molecule has 156 valence electrons. The van der Waals surface area contributed by atoms with E-state index >= 15 is 0 Å². The minimum Gasteiger partial charge on any atom is -0.477 e. The standard InChI is InChI=1S/C21H11Cl3N2O4S/c22-12-3-1-11(2-4-12)19-25-26-21(30-19)31-18(20(27)28)10-14-6-8-17(29-14)15-7-5-13(23)9-16(15)24/h1-10H,(H,27,28)/b18-10-. The summed E-state index contributed by atoms with van der Waals surface area (Å²) in [4.78, 5) is 11.7. The molecule has 0 bridgehead atoms. The Balaban J connectivity index is 1.57. The fraction of sp³-hybridized carbons (Fsp3) is 0. The number of rotatable bonds is 6. The second-order valence-electron chi connectivity index (χ2n) is 6.12. The number of halogens is 3. The minimum atomic E-state index is -1.17. The van der Waals surface area contributed by atoms with Crippen molar-refractivity contribution in [2.75, 3.05) is 0 Å². The van der Waals surface area contributed by atoms with Crippen molar-refractivity contribution < 1.29 is 18.7 Å². The van der Waals surface area contributed by atoms with Gasteiger partial charge in [-0.2, -0.15) is 0 Å². The van der Waals surface area contributed by atoms with Crippen molar-refractivity contribution in [2.45, 2.75) is 5.22 Å². The van der Waals surface area contributed by atoms with Gasteiger partial charge in [-0.15, -0.1) is 10.2 Å². The van der Waals surface area contributed by atoms with Crippen LogP contribution in [0.25, 0.3) is 28.9 Å². The largest absolute Gasteiger partial charge is 0.477 e. The number of benzene rings is 2. The van der Waals surface area contributed by atoms with Crippen LogP contribution in [0.15, 0.2) is 73.6 Å². The van der Waals surface area contributed by atoms with E-state index in [4.69, 9.17) is 43.6 Å². The zero-order valence-corrected chi connectivity index (χ0v) is 18.5. The Labute approximate surface area is 195 Å². The quantitative estimate of drug-likeness (QED) is 0.225. The summed E-state index contributed by atoms with van der Waals surface area (Å²) in [5.74, 6) is -0.117. The molecule has 0 spiro atoms. The molecule has 0 aliphatic rings. The summed E-state index contributed by atoms with van der Waals surface area (Å²) in [5.41, 5.74) is 1.31. The van der Waals surface area contributed by atoms with Gasteiger partial charge >= 0.3 is 5.97 Å². The molecule has 6 nitrogen and oxygen atoms in total. The molecule has 2 heterocycles. The second-order valence-corrected chi connectivity index (χ2v) is 8.40. The van der Waals surface area contributed by atoms with Crippen LogP contribution in [-0.4, -0.2) is 21.3 Å². The van der Waals surface area contributed by atoms with E-state index < -0.39 is 5.97 Å². The molecule has 2 aromatic carbocycles. The van der Waals surface area contributed by atoms with E-state index in [9.17, 15) is 9.90 Å². The smallest absolute Gasteiger partial charge is 0.342 e. The van der Waals surface area contributed by atoms with Gasteiger partial charge in [0.15, 0.2) is 0 Å². The fourth-order valence-electron chi connectivity index (χ4n) is 2.58. The number of hydrogen-bond donors (Lipinski definition) is 1. The third-order valence-corrected chi connectivity index (χ3v) is 5.65. The van der Waals surface area contributed by atoms with Crippen molar-refractivity contribution in [1.29, 1.82) is 0 Å². The minimum absolute atomic E-state index is 0.0607. The number of thioether (sulfide) groups is 1. The molecule has 0 atom stereocenters. The van der Waals surface area contributed by atoms with Crippen molar-refractivity contribution in [1.82, 2.24) is 10.2 Å². The average molecular weight is 494 g/mol. The van der Waals surface area contributed by atoms with Crippen molar-refractivity contribution in [3.8, 4) is 22.8 Å².